The van der Waals surface area contributed by atoms with Crippen molar-refractivity contribution in [1.82, 2.24) is 0 Å². The molecular weight excluding hydrogens is 284 g/mol. The molecule has 1 radical (unpaired) electrons. The highest BCUT2D eigenvalue weighted by Crippen LogP contribution is 2.51. The average molecular weight is 324 g/mol. The van der Waals surface area contributed by atoms with Gasteiger partial charge in [0.1, 0.15) is 0 Å². The van der Waals surface area contributed by atoms with E-state index in [1.807, 2.05) is 0 Å². The maximum Gasteiger partial charge on any atom is 0.214 e. The zero-order chi connectivity index (χ0) is 16.4. The molecule has 2 saturated carbocycles. The molecule has 1 nitrogen and oxygen atoms in total. The molecule has 22 heavy (non-hydrogen) atoms. The molecule has 0 aromatic rings. The van der Waals surface area contributed by atoms with Crippen LogP contribution in [0.4, 0.5) is 0 Å². The van der Waals surface area contributed by atoms with Gasteiger partial charge in [-0.1, -0.05) is 54.4 Å². The minimum absolute atomic E-state index is 0.644. The molecule has 0 aliphatic heterocycles. The largest absolute Gasteiger partial charge is 0.431 e. The van der Waals surface area contributed by atoms with Crippen molar-refractivity contribution in [3.63, 3.8) is 0 Å². The van der Waals surface area contributed by atoms with Gasteiger partial charge in [0.25, 0.3) is 0 Å². The maximum absolute atomic E-state index is 11.5. The lowest BCUT2D eigenvalue weighted by Gasteiger charge is -2.45. The van der Waals surface area contributed by atoms with Crippen molar-refractivity contribution in [2.75, 3.05) is 0 Å². The normalized spacial score (nSPS) is 40.6. The summed E-state index contributed by atoms with van der Waals surface area (Å²) in [5.74, 6) is 4.68. The zero-order valence-electron chi connectivity index (χ0n) is 15.8. The summed E-state index contributed by atoms with van der Waals surface area (Å²) in [4.78, 5) is 11.5. The van der Waals surface area contributed by atoms with Gasteiger partial charge in [0.15, 0.2) is 0 Å². The van der Waals surface area contributed by atoms with E-state index in [0.29, 0.717) is 11.1 Å². The van der Waals surface area contributed by atoms with E-state index < -0.39 is 9.04 Å². The van der Waals surface area contributed by atoms with Gasteiger partial charge in [-0.2, -0.15) is 0 Å². The number of hydrogen-bond acceptors (Lipinski definition) is 1. The Hall–Kier alpha value is 0.177. The lowest BCUT2D eigenvalue weighted by atomic mass is 9.76. The van der Waals surface area contributed by atoms with Gasteiger partial charge >= 0.3 is 0 Å². The van der Waals surface area contributed by atoms with Crippen molar-refractivity contribution < 1.29 is 4.80 Å². The van der Waals surface area contributed by atoms with E-state index >= 15 is 0 Å². The molecule has 129 valence electrons. The Labute approximate surface area is 141 Å². The van der Waals surface area contributed by atoms with Gasteiger partial charge in [-0.05, 0) is 72.3 Å². The average Bonchev–Trinajstić information content (AvgIpc) is 2.45. The fraction of sp³-hybridized carbons (Fsp3) is 1.00. The van der Waals surface area contributed by atoms with Gasteiger partial charge < -0.3 is 4.80 Å². The number of rotatable bonds is 4. The van der Waals surface area contributed by atoms with Gasteiger partial charge in [-0.3, -0.25) is 0 Å². The zero-order valence-corrected chi connectivity index (χ0v) is 16.8. The first-order valence-corrected chi connectivity index (χ1v) is 11.5. The second-order valence-corrected chi connectivity index (χ2v) is 11.6. The van der Waals surface area contributed by atoms with Crippen LogP contribution < -0.4 is 0 Å². The van der Waals surface area contributed by atoms with Gasteiger partial charge in [0.2, 0.25) is 9.04 Å². The molecule has 0 amide bonds. The molecule has 2 rings (SSSR count). The molecular formula is C20H39OSi. The van der Waals surface area contributed by atoms with Crippen LogP contribution in [0.1, 0.15) is 80.1 Å². The van der Waals surface area contributed by atoms with Crippen molar-refractivity contribution in [2.24, 2.45) is 35.5 Å². The first-order chi connectivity index (χ1) is 10.3. The molecule has 6 unspecified atom stereocenters. The molecule has 2 heteroatoms. The fourth-order valence-electron chi connectivity index (χ4n) is 5.36. The molecule has 0 bridgehead atoms. The van der Waals surface area contributed by atoms with E-state index in [2.05, 4.69) is 41.5 Å². The SMILES string of the molecule is CC1CCC(C(C)C)C([Si](O)C2CC(C)CCC2C(C)C)C1. The Kier molecular flexibility index (Phi) is 6.59. The molecule has 0 spiro atoms. The van der Waals surface area contributed by atoms with Crippen LogP contribution in [0.2, 0.25) is 11.1 Å². The van der Waals surface area contributed by atoms with E-state index in [-0.39, 0.29) is 0 Å². The molecule has 0 aromatic carbocycles. The van der Waals surface area contributed by atoms with Crippen molar-refractivity contribution in [2.45, 2.75) is 91.1 Å². The molecule has 2 aliphatic rings. The summed E-state index contributed by atoms with van der Waals surface area (Å²) in [7, 11) is -1.24. The van der Waals surface area contributed by atoms with Crippen LogP contribution in [-0.2, 0) is 0 Å². The Morgan fingerprint density at radius 1 is 0.727 bits per heavy atom. The minimum atomic E-state index is -1.24. The van der Waals surface area contributed by atoms with Gasteiger partial charge in [-0.25, -0.2) is 0 Å². The second kappa shape index (κ2) is 7.83. The lowest BCUT2D eigenvalue weighted by molar-refractivity contribution is 0.191. The standard InChI is InChI=1S/C20H39OSi/c1-13(2)17-9-7-15(5)11-19(17)22(21)20-12-16(6)8-10-18(20)14(3)4/h13-21H,7-12H2,1-6H3. The Morgan fingerprint density at radius 3 is 1.41 bits per heavy atom. The summed E-state index contributed by atoms with van der Waals surface area (Å²) in [6, 6.07) is 0. The molecule has 2 fully saturated rings. The van der Waals surface area contributed by atoms with Crippen LogP contribution in [0.5, 0.6) is 0 Å². The van der Waals surface area contributed by atoms with Crippen molar-refractivity contribution in [3.05, 3.63) is 0 Å². The molecule has 1 N–H and O–H groups in total. The highest BCUT2D eigenvalue weighted by Gasteiger charge is 2.44. The van der Waals surface area contributed by atoms with Crippen LogP contribution in [-0.4, -0.2) is 13.8 Å². The van der Waals surface area contributed by atoms with E-state index in [9.17, 15) is 4.80 Å². The third kappa shape index (κ3) is 4.17. The molecule has 6 atom stereocenters. The lowest BCUT2D eigenvalue weighted by Crippen LogP contribution is -2.42. The first-order valence-electron chi connectivity index (χ1n) is 9.86. The van der Waals surface area contributed by atoms with E-state index in [4.69, 9.17) is 0 Å². The summed E-state index contributed by atoms with van der Waals surface area (Å²) in [5, 5.41) is 0. The summed E-state index contributed by atoms with van der Waals surface area (Å²) in [5.41, 5.74) is 1.29. The van der Waals surface area contributed by atoms with E-state index in [0.717, 1.165) is 35.5 Å². The number of hydrogen-bond donors (Lipinski definition) is 1. The Morgan fingerprint density at radius 2 is 1.09 bits per heavy atom. The highest BCUT2D eigenvalue weighted by molar-refractivity contribution is 6.54. The molecule has 2 aliphatic carbocycles. The monoisotopic (exact) mass is 323 g/mol. The molecule has 0 saturated heterocycles. The molecule has 0 aromatic heterocycles. The fourth-order valence-corrected chi connectivity index (χ4v) is 9.18. The van der Waals surface area contributed by atoms with Crippen molar-refractivity contribution in [3.8, 4) is 0 Å². The summed E-state index contributed by atoms with van der Waals surface area (Å²) in [6.07, 6.45) is 8.05. The third-order valence-corrected chi connectivity index (χ3v) is 9.65. The third-order valence-electron chi connectivity index (χ3n) is 6.80. The van der Waals surface area contributed by atoms with Crippen LogP contribution in [0.15, 0.2) is 0 Å². The van der Waals surface area contributed by atoms with E-state index in [1.54, 1.807) is 0 Å². The first kappa shape index (κ1) is 18.5. The summed E-state index contributed by atoms with van der Waals surface area (Å²) in [6.45, 7) is 14.3. The molecule has 0 heterocycles. The van der Waals surface area contributed by atoms with Crippen LogP contribution >= 0.6 is 0 Å². The van der Waals surface area contributed by atoms with Gasteiger partial charge in [0.05, 0.1) is 0 Å². The Balaban J connectivity index is 2.16. The maximum atomic E-state index is 11.5. The summed E-state index contributed by atoms with van der Waals surface area (Å²) >= 11 is 0. The second-order valence-electron chi connectivity index (χ2n) is 9.29. The Bertz CT molecular complexity index is 309. The minimum Gasteiger partial charge on any atom is -0.431 e. The van der Waals surface area contributed by atoms with Crippen LogP contribution in [0.3, 0.4) is 0 Å². The van der Waals surface area contributed by atoms with Crippen molar-refractivity contribution >= 4 is 9.04 Å². The quantitative estimate of drug-likeness (QED) is 0.639. The van der Waals surface area contributed by atoms with Gasteiger partial charge in [0, 0.05) is 0 Å². The van der Waals surface area contributed by atoms with Gasteiger partial charge in [-0.15, -0.1) is 0 Å². The van der Waals surface area contributed by atoms with Crippen LogP contribution in [0, 0.1) is 35.5 Å². The predicted octanol–water partition coefficient (Wildman–Crippen LogP) is 5.90. The smallest absolute Gasteiger partial charge is 0.214 e. The van der Waals surface area contributed by atoms with E-state index in [1.165, 1.54) is 38.5 Å². The topological polar surface area (TPSA) is 20.2 Å². The predicted molar refractivity (Wildman–Crippen MR) is 98.2 cm³/mol. The van der Waals surface area contributed by atoms with Crippen LogP contribution in [0.25, 0.3) is 0 Å². The van der Waals surface area contributed by atoms with Crippen molar-refractivity contribution in [1.29, 1.82) is 0 Å². The summed E-state index contributed by atoms with van der Waals surface area (Å²) < 4.78 is 0. The highest BCUT2D eigenvalue weighted by atomic mass is 28.3.